The van der Waals surface area contributed by atoms with Gasteiger partial charge in [0.05, 0.1) is 23.8 Å². The number of ether oxygens (including phenoxy) is 1. The molecule has 0 radical (unpaired) electrons. The van der Waals surface area contributed by atoms with Crippen LogP contribution in [0.4, 0.5) is 0 Å². The Balaban J connectivity index is 2.81. The monoisotopic (exact) mass is 291 g/mol. The molecule has 5 nitrogen and oxygen atoms in total. The van der Waals surface area contributed by atoms with Gasteiger partial charge >= 0.3 is 5.97 Å². The minimum absolute atomic E-state index is 0.225. The third-order valence-corrected chi connectivity index (χ3v) is 2.89. The molecule has 7 heteroatoms. The zero-order chi connectivity index (χ0) is 13.7. The highest BCUT2D eigenvalue weighted by Gasteiger charge is 2.21. The molecule has 0 aliphatic heterocycles. The predicted octanol–water partition coefficient (Wildman–Crippen LogP) is 1.26. The van der Waals surface area contributed by atoms with Crippen molar-refractivity contribution in [3.8, 4) is 0 Å². The molecule has 0 unspecified atom stereocenters. The third-order valence-electron chi connectivity index (χ3n) is 2.16. The fourth-order valence-electron chi connectivity index (χ4n) is 1.20. The lowest BCUT2D eigenvalue weighted by atomic mass is 10.2. The zero-order valence-electron chi connectivity index (χ0n) is 9.44. The Bertz CT molecular complexity index is 464. The molecule has 0 aliphatic carbocycles. The molecular formula is C11H11Cl2NO4. The summed E-state index contributed by atoms with van der Waals surface area (Å²) in [5.41, 5.74) is 0.228. The molecule has 0 aliphatic rings. The molecule has 1 rings (SSSR count). The van der Waals surface area contributed by atoms with Crippen molar-refractivity contribution in [2.75, 3.05) is 13.7 Å². The number of hydrogen-bond acceptors (Lipinski definition) is 4. The maximum atomic E-state index is 11.8. The molecule has 2 N–H and O–H groups in total. The topological polar surface area (TPSA) is 75.6 Å². The van der Waals surface area contributed by atoms with Gasteiger partial charge in [0.15, 0.2) is 6.04 Å². The normalized spacial score (nSPS) is 11.8. The summed E-state index contributed by atoms with van der Waals surface area (Å²) in [4.78, 5) is 23.0. The lowest BCUT2D eigenvalue weighted by Crippen LogP contribution is -2.44. The van der Waals surface area contributed by atoms with Crippen molar-refractivity contribution in [3.05, 3.63) is 33.8 Å². The van der Waals surface area contributed by atoms with Crippen LogP contribution in [0.3, 0.4) is 0 Å². The van der Waals surface area contributed by atoms with Gasteiger partial charge in [0.25, 0.3) is 5.91 Å². The highest BCUT2D eigenvalue weighted by molar-refractivity contribution is 6.42. The summed E-state index contributed by atoms with van der Waals surface area (Å²) in [6, 6.07) is 3.17. The molecule has 98 valence electrons. The molecule has 1 amide bonds. The first-order chi connectivity index (χ1) is 8.49. The lowest BCUT2D eigenvalue weighted by molar-refractivity contribution is -0.143. The largest absolute Gasteiger partial charge is 0.467 e. The number of rotatable bonds is 4. The van der Waals surface area contributed by atoms with E-state index in [2.05, 4.69) is 10.1 Å². The number of nitrogens with one attached hydrogen (secondary N) is 1. The average Bonchev–Trinajstić information content (AvgIpc) is 2.37. The van der Waals surface area contributed by atoms with Crippen LogP contribution in [0.5, 0.6) is 0 Å². The first kappa shape index (κ1) is 14.8. The van der Waals surface area contributed by atoms with Crippen molar-refractivity contribution in [3.63, 3.8) is 0 Å². The highest BCUT2D eigenvalue weighted by atomic mass is 35.5. The minimum atomic E-state index is -1.11. The predicted molar refractivity (Wildman–Crippen MR) is 66.8 cm³/mol. The molecule has 0 aromatic heterocycles. The van der Waals surface area contributed by atoms with Crippen molar-refractivity contribution in [2.24, 2.45) is 0 Å². The van der Waals surface area contributed by atoms with Crippen LogP contribution >= 0.6 is 23.2 Å². The number of amides is 1. The molecule has 0 saturated heterocycles. The minimum Gasteiger partial charge on any atom is -0.467 e. The van der Waals surface area contributed by atoms with Crippen molar-refractivity contribution in [1.82, 2.24) is 5.32 Å². The van der Waals surface area contributed by atoms with E-state index in [1.54, 1.807) is 0 Å². The highest BCUT2D eigenvalue weighted by Crippen LogP contribution is 2.22. The Morgan fingerprint density at radius 2 is 2.06 bits per heavy atom. The molecule has 0 saturated carbocycles. The van der Waals surface area contributed by atoms with E-state index in [1.165, 1.54) is 18.2 Å². The van der Waals surface area contributed by atoms with Gasteiger partial charge in [0.1, 0.15) is 0 Å². The van der Waals surface area contributed by atoms with Gasteiger partial charge in [0, 0.05) is 5.56 Å². The fourth-order valence-corrected chi connectivity index (χ4v) is 1.50. The number of benzene rings is 1. The van der Waals surface area contributed by atoms with Crippen LogP contribution in [0.15, 0.2) is 18.2 Å². The van der Waals surface area contributed by atoms with Gasteiger partial charge in [-0.15, -0.1) is 0 Å². The Kier molecular flexibility index (Phi) is 5.40. The molecule has 0 fully saturated rings. The molecule has 1 aromatic rings. The Morgan fingerprint density at radius 3 is 2.56 bits per heavy atom. The third kappa shape index (κ3) is 3.60. The van der Waals surface area contributed by atoms with E-state index >= 15 is 0 Å². The van der Waals surface area contributed by atoms with E-state index in [0.717, 1.165) is 7.11 Å². The summed E-state index contributed by atoms with van der Waals surface area (Å²) in [5.74, 6) is -1.29. The lowest BCUT2D eigenvalue weighted by Gasteiger charge is -2.13. The maximum absolute atomic E-state index is 11.8. The van der Waals surface area contributed by atoms with Gasteiger partial charge in [-0.25, -0.2) is 4.79 Å². The molecule has 0 heterocycles. The summed E-state index contributed by atoms with van der Waals surface area (Å²) >= 11 is 11.5. The van der Waals surface area contributed by atoms with E-state index in [1.807, 2.05) is 0 Å². The second-order valence-electron chi connectivity index (χ2n) is 3.36. The first-order valence-corrected chi connectivity index (χ1v) is 5.69. The second-order valence-corrected chi connectivity index (χ2v) is 4.18. The Labute approximate surface area is 114 Å². The number of hydrogen-bond donors (Lipinski definition) is 2. The van der Waals surface area contributed by atoms with Gasteiger partial charge in [-0.1, -0.05) is 23.2 Å². The van der Waals surface area contributed by atoms with Crippen molar-refractivity contribution < 1.29 is 19.4 Å². The van der Waals surface area contributed by atoms with E-state index in [4.69, 9.17) is 28.3 Å². The molecule has 1 aromatic carbocycles. The standard InChI is InChI=1S/C11H11Cl2NO4/c1-18-11(17)9(5-15)14-10(16)6-2-3-7(12)8(13)4-6/h2-4,9,15H,5H2,1H3,(H,14,16)/t9-/m0/s1. The Hall–Kier alpha value is -1.30. The van der Waals surface area contributed by atoms with Gasteiger partial charge in [-0.05, 0) is 18.2 Å². The maximum Gasteiger partial charge on any atom is 0.330 e. The van der Waals surface area contributed by atoms with Crippen LogP contribution in [0, 0.1) is 0 Å². The number of halogens is 2. The van der Waals surface area contributed by atoms with Crippen molar-refractivity contribution in [2.45, 2.75) is 6.04 Å². The average molecular weight is 292 g/mol. The number of aliphatic hydroxyl groups excluding tert-OH is 1. The molecule has 0 bridgehead atoms. The number of aliphatic hydroxyl groups is 1. The zero-order valence-corrected chi connectivity index (χ0v) is 11.0. The molecule has 18 heavy (non-hydrogen) atoms. The van der Waals surface area contributed by atoms with Gasteiger partial charge in [-0.3, -0.25) is 4.79 Å². The molecule has 0 spiro atoms. The van der Waals surface area contributed by atoms with Gasteiger partial charge < -0.3 is 15.2 Å². The fraction of sp³-hybridized carbons (Fsp3) is 0.273. The summed E-state index contributed by atoms with van der Waals surface area (Å²) in [6.07, 6.45) is 0. The van der Waals surface area contributed by atoms with E-state index in [9.17, 15) is 9.59 Å². The molecule has 1 atom stereocenters. The van der Waals surface area contributed by atoms with Crippen molar-refractivity contribution >= 4 is 35.1 Å². The smallest absolute Gasteiger partial charge is 0.330 e. The van der Waals surface area contributed by atoms with Crippen molar-refractivity contribution in [1.29, 1.82) is 0 Å². The SMILES string of the molecule is COC(=O)[C@H](CO)NC(=O)c1ccc(Cl)c(Cl)c1. The summed E-state index contributed by atoms with van der Waals surface area (Å²) in [6.45, 7) is -0.556. The van der Waals surface area contributed by atoms with Crippen LogP contribution in [0.25, 0.3) is 0 Å². The van der Waals surface area contributed by atoms with Crippen LogP contribution < -0.4 is 5.32 Å². The van der Waals surface area contributed by atoms with E-state index in [0.29, 0.717) is 5.02 Å². The van der Waals surface area contributed by atoms with E-state index < -0.39 is 24.5 Å². The summed E-state index contributed by atoms with van der Waals surface area (Å²) < 4.78 is 4.42. The first-order valence-electron chi connectivity index (χ1n) is 4.94. The van der Waals surface area contributed by atoms with E-state index in [-0.39, 0.29) is 10.6 Å². The van der Waals surface area contributed by atoms with Gasteiger partial charge in [0.2, 0.25) is 0 Å². The van der Waals surface area contributed by atoms with Crippen LogP contribution in [0.1, 0.15) is 10.4 Å². The number of methoxy groups -OCH3 is 1. The molecular weight excluding hydrogens is 281 g/mol. The van der Waals surface area contributed by atoms with Crippen LogP contribution in [-0.4, -0.2) is 36.7 Å². The quantitative estimate of drug-likeness (QED) is 0.819. The number of carbonyl (C=O) groups is 2. The van der Waals surface area contributed by atoms with Crippen LogP contribution in [-0.2, 0) is 9.53 Å². The Morgan fingerprint density at radius 1 is 1.39 bits per heavy atom. The van der Waals surface area contributed by atoms with Crippen LogP contribution in [0.2, 0.25) is 10.0 Å². The summed E-state index contributed by atoms with van der Waals surface area (Å²) in [7, 11) is 1.16. The number of esters is 1. The number of carbonyl (C=O) groups excluding carboxylic acids is 2. The van der Waals surface area contributed by atoms with Gasteiger partial charge in [-0.2, -0.15) is 0 Å². The summed E-state index contributed by atoms with van der Waals surface area (Å²) in [5, 5.41) is 11.8. The second kappa shape index (κ2) is 6.58.